The minimum atomic E-state index is -0.393. The van der Waals surface area contributed by atoms with Gasteiger partial charge < -0.3 is 15.2 Å². The number of hydrogen-bond acceptors (Lipinski definition) is 3. The molecule has 0 atom stereocenters. The summed E-state index contributed by atoms with van der Waals surface area (Å²) in [5.74, 6) is 0.354. The van der Waals surface area contributed by atoms with Crippen LogP contribution in [0.15, 0.2) is 30.3 Å². The number of methoxy groups -OCH3 is 1. The van der Waals surface area contributed by atoms with Gasteiger partial charge >= 0.3 is 0 Å². The summed E-state index contributed by atoms with van der Waals surface area (Å²) in [6.45, 7) is 2.47. The van der Waals surface area contributed by atoms with Gasteiger partial charge in [0, 0.05) is 13.2 Å². The van der Waals surface area contributed by atoms with Crippen molar-refractivity contribution in [2.75, 3.05) is 13.9 Å². The summed E-state index contributed by atoms with van der Waals surface area (Å²) >= 11 is 0. The van der Waals surface area contributed by atoms with E-state index in [9.17, 15) is 4.79 Å². The van der Waals surface area contributed by atoms with Crippen LogP contribution in [-0.4, -0.2) is 19.8 Å². The summed E-state index contributed by atoms with van der Waals surface area (Å²) in [5.41, 5.74) is 7.40. The number of unbranched alkanes of at least 4 members (excludes halogenated alkanes) is 8. The third kappa shape index (κ3) is 10.2. The lowest BCUT2D eigenvalue weighted by molar-refractivity contribution is -0.113. The first-order valence-corrected chi connectivity index (χ1v) is 9.89. The molecule has 0 aromatic heterocycles. The van der Waals surface area contributed by atoms with Crippen molar-refractivity contribution in [3.8, 4) is 5.75 Å². The topological polar surface area (TPSA) is 61.6 Å². The van der Waals surface area contributed by atoms with E-state index in [1.54, 1.807) is 13.2 Å². The molecule has 0 spiro atoms. The lowest BCUT2D eigenvalue weighted by Gasteiger charge is -2.10. The van der Waals surface area contributed by atoms with Gasteiger partial charge in [-0.15, -0.1) is 0 Å². The number of rotatable bonds is 15. The van der Waals surface area contributed by atoms with Crippen molar-refractivity contribution in [2.45, 2.75) is 71.1 Å². The van der Waals surface area contributed by atoms with Crippen molar-refractivity contribution in [3.05, 3.63) is 35.9 Å². The van der Waals surface area contributed by atoms with Gasteiger partial charge in [-0.3, -0.25) is 4.79 Å². The Kier molecular flexibility index (Phi) is 12.3. The molecule has 0 unspecified atom stereocenters. The first-order valence-electron chi connectivity index (χ1n) is 9.89. The first kappa shape index (κ1) is 22.2. The molecule has 146 valence electrons. The van der Waals surface area contributed by atoms with Crippen molar-refractivity contribution < 1.29 is 14.3 Å². The number of benzene rings is 1. The average molecular weight is 362 g/mol. The number of nitrogens with two attached hydrogens (primary N) is 1. The summed E-state index contributed by atoms with van der Waals surface area (Å²) in [4.78, 5) is 11.4. The fourth-order valence-electron chi connectivity index (χ4n) is 2.99. The smallest absolute Gasteiger partial charge is 0.241 e. The van der Waals surface area contributed by atoms with Gasteiger partial charge in [0.15, 0.2) is 6.79 Å². The molecule has 0 bridgehead atoms. The predicted molar refractivity (Wildman–Crippen MR) is 108 cm³/mol. The standard InChI is InChI=1S/C22H35NO3/c1-3-4-5-6-7-8-9-10-11-12-20(17-22(23)24)19-13-15-21(16-14-19)26-18-25-2/h13-17H,3-12,18H2,1-2H3,(H2,23,24). The highest BCUT2D eigenvalue weighted by Gasteiger charge is 2.05. The summed E-state index contributed by atoms with van der Waals surface area (Å²) < 4.78 is 10.3. The fourth-order valence-corrected chi connectivity index (χ4v) is 2.99. The summed E-state index contributed by atoms with van der Waals surface area (Å²) in [7, 11) is 1.59. The molecule has 0 heterocycles. The number of primary amides is 1. The molecule has 1 aromatic rings. The molecule has 0 saturated heterocycles. The van der Waals surface area contributed by atoms with Crippen LogP contribution in [0.25, 0.3) is 5.57 Å². The molecular weight excluding hydrogens is 326 g/mol. The number of hydrogen-bond donors (Lipinski definition) is 1. The zero-order chi connectivity index (χ0) is 19.0. The van der Waals surface area contributed by atoms with Crippen molar-refractivity contribution in [3.63, 3.8) is 0 Å². The van der Waals surface area contributed by atoms with Crippen LogP contribution in [0.1, 0.15) is 76.7 Å². The van der Waals surface area contributed by atoms with Crippen LogP contribution in [-0.2, 0) is 9.53 Å². The maximum Gasteiger partial charge on any atom is 0.241 e. The highest BCUT2D eigenvalue weighted by molar-refractivity contribution is 5.94. The van der Waals surface area contributed by atoms with Gasteiger partial charge in [0.05, 0.1) is 0 Å². The first-order chi connectivity index (χ1) is 12.7. The van der Waals surface area contributed by atoms with Crippen LogP contribution in [0.2, 0.25) is 0 Å². The van der Waals surface area contributed by atoms with Crippen molar-refractivity contribution in [2.24, 2.45) is 5.73 Å². The van der Waals surface area contributed by atoms with Crippen molar-refractivity contribution >= 4 is 11.5 Å². The largest absolute Gasteiger partial charge is 0.468 e. The minimum Gasteiger partial charge on any atom is -0.468 e. The quantitative estimate of drug-likeness (QED) is 0.256. The SMILES string of the molecule is CCCCCCCCCCCC(=CC(N)=O)c1ccc(OCOC)cc1. The average Bonchev–Trinajstić information content (AvgIpc) is 2.64. The molecule has 4 heteroatoms. The van der Waals surface area contributed by atoms with Crippen LogP contribution < -0.4 is 10.5 Å². The Bertz CT molecular complexity index is 523. The van der Waals surface area contributed by atoms with Gasteiger partial charge in [-0.1, -0.05) is 70.4 Å². The molecule has 0 aliphatic rings. The van der Waals surface area contributed by atoms with Crippen molar-refractivity contribution in [1.29, 1.82) is 0 Å². The monoisotopic (exact) mass is 361 g/mol. The molecule has 4 nitrogen and oxygen atoms in total. The highest BCUT2D eigenvalue weighted by Crippen LogP contribution is 2.24. The lowest BCUT2D eigenvalue weighted by Crippen LogP contribution is -2.07. The Balaban J connectivity index is 2.39. The number of allylic oxidation sites excluding steroid dienone is 1. The van der Waals surface area contributed by atoms with E-state index < -0.39 is 5.91 Å². The molecule has 1 aromatic carbocycles. The molecule has 0 fully saturated rings. The molecule has 0 radical (unpaired) electrons. The molecule has 0 aliphatic heterocycles. The van der Waals surface area contributed by atoms with Gasteiger partial charge in [0.25, 0.3) is 0 Å². The van der Waals surface area contributed by atoms with Crippen LogP contribution >= 0.6 is 0 Å². The van der Waals surface area contributed by atoms with E-state index in [1.807, 2.05) is 24.3 Å². The molecule has 0 saturated carbocycles. The van der Waals surface area contributed by atoms with E-state index in [2.05, 4.69) is 6.92 Å². The Morgan fingerprint density at radius 2 is 1.54 bits per heavy atom. The zero-order valence-electron chi connectivity index (χ0n) is 16.5. The Morgan fingerprint density at radius 3 is 2.08 bits per heavy atom. The van der Waals surface area contributed by atoms with E-state index in [0.29, 0.717) is 0 Å². The summed E-state index contributed by atoms with van der Waals surface area (Å²) in [6, 6.07) is 7.71. The van der Waals surface area contributed by atoms with E-state index in [1.165, 1.54) is 51.4 Å². The maximum atomic E-state index is 11.4. The number of carbonyl (C=O) groups is 1. The summed E-state index contributed by atoms with van der Waals surface area (Å²) in [5, 5.41) is 0. The third-order valence-corrected chi connectivity index (χ3v) is 4.43. The molecule has 26 heavy (non-hydrogen) atoms. The Hall–Kier alpha value is -1.81. The predicted octanol–water partition coefficient (Wildman–Crippen LogP) is 5.46. The molecule has 2 N–H and O–H groups in total. The number of amides is 1. The molecule has 0 aliphatic carbocycles. The van der Waals surface area contributed by atoms with Crippen LogP contribution in [0.5, 0.6) is 5.75 Å². The second-order valence-corrected chi connectivity index (χ2v) is 6.73. The molecular formula is C22H35NO3. The number of ether oxygens (including phenoxy) is 2. The van der Waals surface area contributed by atoms with Gasteiger partial charge in [-0.05, 0) is 36.1 Å². The van der Waals surface area contributed by atoms with E-state index >= 15 is 0 Å². The van der Waals surface area contributed by atoms with Crippen LogP contribution in [0, 0.1) is 0 Å². The third-order valence-electron chi connectivity index (χ3n) is 4.43. The number of carbonyl (C=O) groups excluding carboxylic acids is 1. The second kappa shape index (κ2) is 14.4. The minimum absolute atomic E-state index is 0.224. The van der Waals surface area contributed by atoms with E-state index in [0.717, 1.165) is 29.7 Å². The van der Waals surface area contributed by atoms with Crippen LogP contribution in [0.4, 0.5) is 0 Å². The maximum absolute atomic E-state index is 11.4. The lowest BCUT2D eigenvalue weighted by atomic mass is 9.98. The van der Waals surface area contributed by atoms with Gasteiger partial charge in [-0.25, -0.2) is 0 Å². The summed E-state index contributed by atoms with van der Waals surface area (Å²) in [6.07, 6.45) is 14.0. The van der Waals surface area contributed by atoms with Crippen molar-refractivity contribution in [1.82, 2.24) is 0 Å². The van der Waals surface area contributed by atoms with Crippen LogP contribution in [0.3, 0.4) is 0 Å². The Labute approximate surface area is 158 Å². The normalized spacial score (nSPS) is 11.5. The van der Waals surface area contributed by atoms with Gasteiger partial charge in [0.2, 0.25) is 5.91 Å². The van der Waals surface area contributed by atoms with E-state index in [-0.39, 0.29) is 6.79 Å². The molecule has 1 rings (SSSR count). The second-order valence-electron chi connectivity index (χ2n) is 6.73. The Morgan fingerprint density at radius 1 is 0.962 bits per heavy atom. The highest BCUT2D eigenvalue weighted by atomic mass is 16.7. The fraction of sp³-hybridized carbons (Fsp3) is 0.591. The zero-order valence-corrected chi connectivity index (χ0v) is 16.5. The van der Waals surface area contributed by atoms with Gasteiger partial charge in [-0.2, -0.15) is 0 Å². The molecule has 1 amide bonds. The van der Waals surface area contributed by atoms with E-state index in [4.69, 9.17) is 15.2 Å². The van der Waals surface area contributed by atoms with Gasteiger partial charge in [0.1, 0.15) is 5.75 Å².